The molecule has 0 spiro atoms. The van der Waals surface area contributed by atoms with Gasteiger partial charge in [-0.15, -0.1) is 0 Å². The lowest BCUT2D eigenvalue weighted by Crippen LogP contribution is -2.40. The van der Waals surface area contributed by atoms with Crippen molar-refractivity contribution in [2.75, 3.05) is 5.32 Å². The van der Waals surface area contributed by atoms with Gasteiger partial charge in [0.25, 0.3) is 0 Å². The van der Waals surface area contributed by atoms with Gasteiger partial charge in [0.15, 0.2) is 0 Å². The first-order valence-electron chi connectivity index (χ1n) is 6.77. The maximum atomic E-state index is 12.4. The van der Waals surface area contributed by atoms with Gasteiger partial charge in [-0.05, 0) is 49.9 Å². The molecule has 116 valence electrons. The predicted octanol–water partition coefficient (Wildman–Crippen LogP) is 3.13. The Morgan fingerprint density at radius 3 is 2.19 bits per heavy atom. The number of aliphatic hydroxyl groups is 1. The Labute approximate surface area is 120 Å². The van der Waals surface area contributed by atoms with E-state index in [1.165, 1.54) is 12.1 Å². The zero-order chi connectivity index (χ0) is 15.5. The Morgan fingerprint density at radius 2 is 1.67 bits per heavy atom. The van der Waals surface area contributed by atoms with E-state index in [2.05, 4.69) is 10.6 Å². The molecule has 0 bridgehead atoms. The quantitative estimate of drug-likeness (QED) is 0.786. The maximum Gasteiger partial charge on any atom is 0.416 e. The van der Waals surface area contributed by atoms with E-state index >= 15 is 0 Å². The Kier molecular flexibility index (Phi) is 4.72. The lowest BCUT2D eigenvalue weighted by Gasteiger charge is -2.26. The van der Waals surface area contributed by atoms with Gasteiger partial charge in [0.2, 0.25) is 0 Å². The van der Waals surface area contributed by atoms with Crippen LogP contribution in [0.3, 0.4) is 0 Å². The van der Waals surface area contributed by atoms with Crippen LogP contribution >= 0.6 is 0 Å². The lowest BCUT2D eigenvalue weighted by molar-refractivity contribution is -0.137. The van der Waals surface area contributed by atoms with E-state index in [9.17, 15) is 23.1 Å². The number of alkyl halides is 3. The predicted molar refractivity (Wildman–Crippen MR) is 71.9 cm³/mol. The number of nitrogens with one attached hydrogen (secondary N) is 2. The molecule has 0 atom stereocenters. The molecule has 1 aliphatic carbocycles. The average molecular weight is 302 g/mol. The summed E-state index contributed by atoms with van der Waals surface area (Å²) < 4.78 is 37.2. The molecule has 2 rings (SSSR count). The minimum atomic E-state index is -4.39. The third-order valence-corrected chi connectivity index (χ3v) is 3.50. The zero-order valence-electron chi connectivity index (χ0n) is 11.3. The molecule has 4 nitrogen and oxygen atoms in total. The molecule has 7 heteroatoms. The second kappa shape index (κ2) is 6.34. The number of rotatable bonds is 2. The van der Waals surface area contributed by atoms with E-state index in [0.29, 0.717) is 31.4 Å². The third kappa shape index (κ3) is 4.63. The first-order chi connectivity index (χ1) is 9.84. The second-order valence-electron chi connectivity index (χ2n) is 5.18. The minimum absolute atomic E-state index is 0.0113. The highest BCUT2D eigenvalue weighted by atomic mass is 19.4. The van der Waals surface area contributed by atoms with Crippen LogP contribution in [0, 0.1) is 0 Å². The normalized spacial score (nSPS) is 22.7. The molecule has 1 fully saturated rings. The Bertz CT molecular complexity index is 480. The van der Waals surface area contributed by atoms with Crippen LogP contribution in [-0.2, 0) is 6.18 Å². The molecular weight excluding hydrogens is 285 g/mol. The number of amides is 2. The van der Waals surface area contributed by atoms with Crippen LogP contribution in [-0.4, -0.2) is 23.3 Å². The van der Waals surface area contributed by atoms with Gasteiger partial charge in [-0.3, -0.25) is 0 Å². The number of halogens is 3. The molecule has 0 radical (unpaired) electrons. The number of anilines is 1. The fourth-order valence-corrected chi connectivity index (χ4v) is 2.32. The number of carbonyl (C=O) groups is 1. The molecule has 1 aromatic carbocycles. The summed E-state index contributed by atoms with van der Waals surface area (Å²) in [6.45, 7) is 0. The highest BCUT2D eigenvalue weighted by Crippen LogP contribution is 2.29. The molecule has 3 N–H and O–H groups in total. The van der Waals surface area contributed by atoms with Crippen molar-refractivity contribution >= 4 is 11.7 Å². The Balaban J connectivity index is 1.85. The molecular formula is C14H17F3N2O2. The Hall–Kier alpha value is -1.76. The second-order valence-corrected chi connectivity index (χ2v) is 5.18. The first-order valence-corrected chi connectivity index (χ1v) is 6.77. The van der Waals surface area contributed by atoms with Crippen LogP contribution in [0.15, 0.2) is 24.3 Å². The van der Waals surface area contributed by atoms with Crippen LogP contribution in [0.2, 0.25) is 0 Å². The standard InChI is InChI=1S/C14H17F3N2O2/c15-14(16,17)9-1-3-10(4-2-9)18-13(21)19-11-5-7-12(20)8-6-11/h1-4,11-12,20H,5-8H2,(H2,18,19,21). The van der Waals surface area contributed by atoms with E-state index in [-0.39, 0.29) is 12.1 Å². The van der Waals surface area contributed by atoms with Crippen molar-refractivity contribution < 1.29 is 23.1 Å². The van der Waals surface area contributed by atoms with E-state index in [1.807, 2.05) is 0 Å². The van der Waals surface area contributed by atoms with Gasteiger partial charge >= 0.3 is 12.2 Å². The molecule has 21 heavy (non-hydrogen) atoms. The number of benzene rings is 1. The van der Waals surface area contributed by atoms with Crippen LogP contribution in [0.5, 0.6) is 0 Å². The maximum absolute atomic E-state index is 12.4. The SMILES string of the molecule is O=C(Nc1ccc(C(F)(F)F)cc1)NC1CCC(O)CC1. The minimum Gasteiger partial charge on any atom is -0.393 e. The molecule has 0 saturated heterocycles. The van der Waals surface area contributed by atoms with Crippen LogP contribution in [0.25, 0.3) is 0 Å². The van der Waals surface area contributed by atoms with Gasteiger partial charge in [-0.1, -0.05) is 0 Å². The smallest absolute Gasteiger partial charge is 0.393 e. The summed E-state index contributed by atoms with van der Waals surface area (Å²) in [7, 11) is 0. The van der Waals surface area contributed by atoms with Gasteiger partial charge in [0, 0.05) is 11.7 Å². The fourth-order valence-electron chi connectivity index (χ4n) is 2.32. The molecule has 1 saturated carbocycles. The highest BCUT2D eigenvalue weighted by Gasteiger charge is 2.30. The van der Waals surface area contributed by atoms with Crippen LogP contribution in [0.4, 0.5) is 23.7 Å². The van der Waals surface area contributed by atoms with Crippen molar-refractivity contribution in [3.63, 3.8) is 0 Å². The molecule has 0 unspecified atom stereocenters. The van der Waals surface area contributed by atoms with Crippen LogP contribution in [0.1, 0.15) is 31.2 Å². The van der Waals surface area contributed by atoms with E-state index in [1.54, 1.807) is 0 Å². The van der Waals surface area contributed by atoms with Crippen molar-refractivity contribution in [3.05, 3.63) is 29.8 Å². The monoisotopic (exact) mass is 302 g/mol. The summed E-state index contributed by atoms with van der Waals surface area (Å²) in [5.41, 5.74) is -0.453. The van der Waals surface area contributed by atoms with E-state index < -0.39 is 17.8 Å². The van der Waals surface area contributed by atoms with Crippen molar-refractivity contribution in [2.24, 2.45) is 0 Å². The largest absolute Gasteiger partial charge is 0.416 e. The molecule has 2 amide bonds. The average Bonchev–Trinajstić information content (AvgIpc) is 2.41. The summed E-state index contributed by atoms with van der Waals surface area (Å²) in [6, 6.07) is 3.82. The van der Waals surface area contributed by atoms with Crippen LogP contribution < -0.4 is 10.6 Å². The van der Waals surface area contributed by atoms with Crippen molar-refractivity contribution in [1.29, 1.82) is 0 Å². The molecule has 0 aromatic heterocycles. The summed E-state index contributed by atoms with van der Waals surface area (Å²) >= 11 is 0. The lowest BCUT2D eigenvalue weighted by atomic mass is 9.93. The fraction of sp³-hybridized carbons (Fsp3) is 0.500. The number of aliphatic hydroxyl groups excluding tert-OH is 1. The van der Waals surface area contributed by atoms with E-state index in [4.69, 9.17) is 0 Å². The topological polar surface area (TPSA) is 61.4 Å². The van der Waals surface area contributed by atoms with Crippen molar-refractivity contribution in [3.8, 4) is 0 Å². The highest BCUT2D eigenvalue weighted by molar-refractivity contribution is 5.89. The molecule has 1 aromatic rings. The van der Waals surface area contributed by atoms with Gasteiger partial charge in [-0.25, -0.2) is 4.79 Å². The first kappa shape index (κ1) is 15.6. The molecule has 0 aliphatic heterocycles. The van der Waals surface area contributed by atoms with Gasteiger partial charge in [-0.2, -0.15) is 13.2 Å². The van der Waals surface area contributed by atoms with Gasteiger partial charge in [0.1, 0.15) is 0 Å². The number of carbonyl (C=O) groups excluding carboxylic acids is 1. The molecule has 1 aliphatic rings. The summed E-state index contributed by atoms with van der Waals surface area (Å²) in [5, 5.41) is 14.6. The summed E-state index contributed by atoms with van der Waals surface area (Å²) in [6.07, 6.45) is -2.01. The Morgan fingerprint density at radius 1 is 1.10 bits per heavy atom. The number of urea groups is 1. The zero-order valence-corrected chi connectivity index (χ0v) is 11.3. The third-order valence-electron chi connectivity index (χ3n) is 3.50. The van der Waals surface area contributed by atoms with Crippen molar-refractivity contribution in [1.82, 2.24) is 5.32 Å². The number of hydrogen-bond acceptors (Lipinski definition) is 2. The number of hydrogen-bond donors (Lipinski definition) is 3. The van der Waals surface area contributed by atoms with E-state index in [0.717, 1.165) is 12.1 Å². The summed E-state index contributed by atoms with van der Waals surface area (Å²) in [4.78, 5) is 11.7. The molecule has 0 heterocycles. The van der Waals surface area contributed by atoms with Gasteiger partial charge in [0.05, 0.1) is 11.7 Å². The van der Waals surface area contributed by atoms with Gasteiger partial charge < -0.3 is 15.7 Å². The summed E-state index contributed by atoms with van der Waals surface area (Å²) in [5.74, 6) is 0. The van der Waals surface area contributed by atoms with Crippen molar-refractivity contribution in [2.45, 2.75) is 44.0 Å².